The number of hydrogen-bond donors (Lipinski definition) is 2. The Bertz CT molecular complexity index is 1140. The number of ether oxygens (including phenoxy) is 2. The first-order valence-electron chi connectivity index (χ1n) is 10.7. The molecule has 0 fully saturated rings. The number of anilines is 1. The van der Waals surface area contributed by atoms with Crippen molar-refractivity contribution in [2.24, 2.45) is 0 Å². The second-order valence-corrected chi connectivity index (χ2v) is 7.52. The summed E-state index contributed by atoms with van der Waals surface area (Å²) in [7, 11) is 3.23. The third-order valence-electron chi connectivity index (χ3n) is 5.01. The maximum Gasteiger partial charge on any atom is 0.409 e. The van der Waals surface area contributed by atoms with Gasteiger partial charge in [-0.3, -0.25) is 10.3 Å². The second kappa shape index (κ2) is 11.2. The Morgan fingerprint density at radius 3 is 2.64 bits per heavy atom. The van der Waals surface area contributed by atoms with Crippen molar-refractivity contribution in [3.63, 3.8) is 0 Å². The minimum absolute atomic E-state index is 0.192. The molecule has 9 nitrogen and oxygen atoms in total. The number of carbonyl (C=O) groups excluding carboxylic acids is 2. The predicted molar refractivity (Wildman–Crippen MR) is 127 cm³/mol. The molecule has 0 spiro atoms. The number of aryl methyl sites for hydroxylation is 1. The molecule has 0 aliphatic heterocycles. The highest BCUT2D eigenvalue weighted by atomic mass is 16.6. The standard InChI is InChI=1S/C24H29N5O4/c1-5-25-23(30)28-22-13-20-19(17-8-9-26-16(2)12-17)7-6-18(21(20)14-27-22)15-29(3)24(31)33-11-10-32-4/h6-9,12-14H,5,10-11,15H2,1-4H3,(H2,25,27,28,30). The van der Waals surface area contributed by atoms with Gasteiger partial charge in [-0.15, -0.1) is 0 Å². The highest BCUT2D eigenvalue weighted by Crippen LogP contribution is 2.32. The summed E-state index contributed by atoms with van der Waals surface area (Å²) in [5.74, 6) is 0.435. The second-order valence-electron chi connectivity index (χ2n) is 7.52. The molecule has 0 unspecified atom stereocenters. The van der Waals surface area contributed by atoms with Crippen LogP contribution in [0, 0.1) is 6.92 Å². The molecule has 2 aromatic heterocycles. The van der Waals surface area contributed by atoms with E-state index in [4.69, 9.17) is 9.47 Å². The molecule has 3 amide bonds. The van der Waals surface area contributed by atoms with Gasteiger partial charge in [-0.2, -0.15) is 0 Å². The number of rotatable bonds is 8. The Labute approximate surface area is 193 Å². The fourth-order valence-electron chi connectivity index (χ4n) is 3.43. The summed E-state index contributed by atoms with van der Waals surface area (Å²) in [6.45, 7) is 5.17. The number of benzene rings is 1. The van der Waals surface area contributed by atoms with E-state index in [9.17, 15) is 9.59 Å². The van der Waals surface area contributed by atoms with Gasteiger partial charge < -0.3 is 19.7 Å². The summed E-state index contributed by atoms with van der Waals surface area (Å²) >= 11 is 0. The van der Waals surface area contributed by atoms with Crippen LogP contribution >= 0.6 is 0 Å². The van der Waals surface area contributed by atoms with Crippen LogP contribution in [0.3, 0.4) is 0 Å². The summed E-state index contributed by atoms with van der Waals surface area (Å²) in [5.41, 5.74) is 3.79. The third-order valence-corrected chi connectivity index (χ3v) is 5.01. The summed E-state index contributed by atoms with van der Waals surface area (Å²) in [5, 5.41) is 7.24. The Morgan fingerprint density at radius 1 is 1.09 bits per heavy atom. The van der Waals surface area contributed by atoms with Crippen molar-refractivity contribution in [3.8, 4) is 11.1 Å². The van der Waals surface area contributed by atoms with Crippen LogP contribution < -0.4 is 10.6 Å². The Kier molecular flexibility index (Phi) is 8.15. The van der Waals surface area contributed by atoms with Crippen LogP contribution in [0.15, 0.2) is 42.7 Å². The van der Waals surface area contributed by atoms with E-state index in [1.54, 1.807) is 26.6 Å². The number of methoxy groups -OCH3 is 1. The van der Waals surface area contributed by atoms with E-state index in [-0.39, 0.29) is 12.6 Å². The topological polar surface area (TPSA) is 106 Å². The zero-order valence-electron chi connectivity index (χ0n) is 19.3. The SMILES string of the molecule is CCNC(=O)Nc1cc2c(-c3ccnc(C)c3)ccc(CN(C)C(=O)OCCOC)c2cn1. The smallest absolute Gasteiger partial charge is 0.409 e. The van der Waals surface area contributed by atoms with E-state index >= 15 is 0 Å². The van der Waals surface area contributed by atoms with Crippen LogP contribution in [0.5, 0.6) is 0 Å². The summed E-state index contributed by atoms with van der Waals surface area (Å²) in [6, 6.07) is 9.46. The zero-order valence-corrected chi connectivity index (χ0v) is 19.3. The molecular formula is C24H29N5O4. The van der Waals surface area contributed by atoms with E-state index < -0.39 is 6.09 Å². The number of aromatic nitrogens is 2. The number of fused-ring (bicyclic) bond motifs is 1. The van der Waals surface area contributed by atoms with Crippen LogP contribution in [0.1, 0.15) is 18.2 Å². The number of urea groups is 1. The minimum atomic E-state index is -0.434. The first kappa shape index (κ1) is 23.9. The molecule has 0 aliphatic carbocycles. The van der Waals surface area contributed by atoms with Crippen LogP contribution in [-0.2, 0) is 16.0 Å². The maximum absolute atomic E-state index is 12.3. The maximum atomic E-state index is 12.3. The molecular weight excluding hydrogens is 422 g/mol. The minimum Gasteiger partial charge on any atom is -0.447 e. The van der Waals surface area contributed by atoms with Gasteiger partial charge in [-0.25, -0.2) is 14.6 Å². The first-order valence-corrected chi connectivity index (χ1v) is 10.7. The summed E-state index contributed by atoms with van der Waals surface area (Å²) < 4.78 is 10.1. The molecule has 174 valence electrons. The van der Waals surface area contributed by atoms with Crippen molar-refractivity contribution in [1.82, 2.24) is 20.2 Å². The molecule has 3 aromatic rings. The number of pyridine rings is 2. The lowest BCUT2D eigenvalue weighted by Gasteiger charge is -2.19. The number of hydrogen-bond acceptors (Lipinski definition) is 6. The first-order chi connectivity index (χ1) is 15.9. The molecule has 3 rings (SSSR count). The van der Waals surface area contributed by atoms with Gasteiger partial charge in [0, 0.05) is 50.7 Å². The van der Waals surface area contributed by atoms with Crippen molar-refractivity contribution in [3.05, 3.63) is 54.0 Å². The van der Waals surface area contributed by atoms with Gasteiger partial charge in [-0.05, 0) is 54.1 Å². The predicted octanol–water partition coefficient (Wildman–Crippen LogP) is 3.96. The molecule has 0 aliphatic rings. The Balaban J connectivity index is 1.99. The number of nitrogens with one attached hydrogen (secondary N) is 2. The lowest BCUT2D eigenvalue weighted by atomic mass is 9.96. The lowest BCUT2D eigenvalue weighted by Crippen LogP contribution is -2.28. The highest BCUT2D eigenvalue weighted by Gasteiger charge is 2.15. The van der Waals surface area contributed by atoms with Gasteiger partial charge in [0.15, 0.2) is 0 Å². The van der Waals surface area contributed by atoms with Gasteiger partial charge in [0.1, 0.15) is 12.4 Å². The van der Waals surface area contributed by atoms with Crippen LogP contribution in [-0.4, -0.2) is 60.9 Å². The van der Waals surface area contributed by atoms with Gasteiger partial charge in [-0.1, -0.05) is 12.1 Å². The van der Waals surface area contributed by atoms with Crippen LogP contribution in [0.25, 0.3) is 21.9 Å². The van der Waals surface area contributed by atoms with Crippen molar-refractivity contribution in [1.29, 1.82) is 0 Å². The fourth-order valence-corrected chi connectivity index (χ4v) is 3.43. The number of amides is 3. The van der Waals surface area contributed by atoms with Crippen molar-refractivity contribution >= 4 is 28.7 Å². The fraction of sp³-hybridized carbons (Fsp3) is 0.333. The zero-order chi connectivity index (χ0) is 23.8. The highest BCUT2D eigenvalue weighted by molar-refractivity contribution is 6.01. The quantitative estimate of drug-likeness (QED) is 0.502. The van der Waals surface area contributed by atoms with Crippen molar-refractivity contribution in [2.45, 2.75) is 20.4 Å². The van der Waals surface area contributed by atoms with E-state index in [1.165, 1.54) is 4.90 Å². The van der Waals surface area contributed by atoms with E-state index in [2.05, 4.69) is 20.6 Å². The molecule has 2 N–H and O–H groups in total. The Hall–Kier alpha value is -3.72. The van der Waals surface area contributed by atoms with E-state index in [0.29, 0.717) is 25.5 Å². The van der Waals surface area contributed by atoms with E-state index in [1.807, 2.05) is 44.2 Å². The van der Waals surface area contributed by atoms with Gasteiger partial charge in [0.25, 0.3) is 0 Å². The van der Waals surface area contributed by atoms with Crippen LogP contribution in [0.4, 0.5) is 15.4 Å². The molecule has 0 radical (unpaired) electrons. The average molecular weight is 452 g/mol. The molecule has 0 bridgehead atoms. The van der Waals surface area contributed by atoms with Gasteiger partial charge >= 0.3 is 12.1 Å². The van der Waals surface area contributed by atoms with Crippen molar-refractivity contribution < 1.29 is 19.1 Å². The van der Waals surface area contributed by atoms with Crippen LogP contribution in [0.2, 0.25) is 0 Å². The molecule has 33 heavy (non-hydrogen) atoms. The molecule has 2 heterocycles. The number of carbonyl (C=O) groups is 2. The number of nitrogens with zero attached hydrogens (tertiary/aromatic N) is 3. The summed E-state index contributed by atoms with van der Waals surface area (Å²) in [4.78, 5) is 34.5. The third kappa shape index (κ3) is 6.17. The molecule has 0 atom stereocenters. The molecule has 9 heteroatoms. The molecule has 1 aromatic carbocycles. The van der Waals surface area contributed by atoms with E-state index in [0.717, 1.165) is 33.2 Å². The molecule has 0 saturated heterocycles. The monoisotopic (exact) mass is 451 g/mol. The lowest BCUT2D eigenvalue weighted by molar-refractivity contribution is 0.0759. The van der Waals surface area contributed by atoms with Gasteiger partial charge in [0.05, 0.1) is 6.61 Å². The largest absolute Gasteiger partial charge is 0.447 e. The van der Waals surface area contributed by atoms with Crippen molar-refractivity contribution in [2.75, 3.05) is 39.2 Å². The summed E-state index contributed by atoms with van der Waals surface area (Å²) in [6.07, 6.45) is 3.05. The van der Waals surface area contributed by atoms with Gasteiger partial charge in [0.2, 0.25) is 0 Å². The molecule has 0 saturated carbocycles. The normalized spacial score (nSPS) is 10.7. The Morgan fingerprint density at radius 2 is 1.91 bits per heavy atom. The average Bonchev–Trinajstić information content (AvgIpc) is 2.79.